The number of rotatable bonds is 3. The van der Waals surface area contributed by atoms with E-state index >= 15 is 0 Å². The summed E-state index contributed by atoms with van der Waals surface area (Å²) in [5.74, 6) is 0.659. The van der Waals surface area contributed by atoms with Crippen LogP contribution in [0.4, 0.5) is 0 Å². The van der Waals surface area contributed by atoms with Crippen molar-refractivity contribution in [2.24, 2.45) is 11.7 Å². The molecule has 1 nitrogen and oxygen atoms in total. The molecule has 2 N–H and O–H groups in total. The summed E-state index contributed by atoms with van der Waals surface area (Å²) in [5.41, 5.74) is 11.7. The van der Waals surface area contributed by atoms with Crippen LogP contribution in [-0.2, 0) is 15.1 Å². The van der Waals surface area contributed by atoms with Gasteiger partial charge in [-0.15, -0.1) is 0 Å². The molecule has 0 aromatic carbocycles. The fraction of sp³-hybridized carbons (Fsp3) is 0.667. The normalized spacial score (nSPS) is 20.3. The van der Waals surface area contributed by atoms with Crippen LogP contribution in [0.2, 0.25) is 0 Å². The van der Waals surface area contributed by atoms with E-state index in [-0.39, 0.29) is 15.1 Å². The van der Waals surface area contributed by atoms with Crippen molar-refractivity contribution in [1.82, 2.24) is 0 Å². The molecule has 0 aromatic heterocycles. The van der Waals surface area contributed by atoms with E-state index < -0.39 is 0 Å². The van der Waals surface area contributed by atoms with Crippen LogP contribution in [-0.4, -0.2) is 6.54 Å². The van der Waals surface area contributed by atoms with Crippen molar-refractivity contribution in [3.8, 4) is 0 Å². The molecule has 96 valence electrons. The molecule has 1 aliphatic rings. The summed E-state index contributed by atoms with van der Waals surface area (Å²) in [6, 6.07) is 0. The van der Waals surface area contributed by atoms with Crippen molar-refractivity contribution in [3.63, 3.8) is 0 Å². The first-order valence-corrected chi connectivity index (χ1v) is 9.64. The third kappa shape index (κ3) is 4.49. The molecule has 0 saturated heterocycles. The van der Waals surface area contributed by atoms with Crippen molar-refractivity contribution in [3.05, 3.63) is 22.3 Å². The average molecular weight is 353 g/mol. The maximum absolute atomic E-state index is 5.53. The van der Waals surface area contributed by atoms with Crippen LogP contribution in [0.1, 0.15) is 40.5 Å². The van der Waals surface area contributed by atoms with Gasteiger partial charge in [-0.1, -0.05) is 18.1 Å². The first-order valence-electron chi connectivity index (χ1n) is 5.42. The Bertz CT molecular complexity index is 285. The van der Waals surface area contributed by atoms with Gasteiger partial charge < -0.3 is 5.73 Å². The van der Waals surface area contributed by atoms with E-state index in [1.807, 2.05) is 0 Å². The first-order chi connectivity index (χ1) is 7.51. The second-order valence-electron chi connectivity index (χ2n) is 4.12. The van der Waals surface area contributed by atoms with Crippen molar-refractivity contribution < 1.29 is 15.1 Å². The minimum absolute atomic E-state index is 0.226. The number of hydrogen-bond acceptors (Lipinski definition) is 1. The predicted octanol–water partition coefficient (Wildman–Crippen LogP) is 4.40. The minimum atomic E-state index is -0.226. The Morgan fingerprint density at radius 2 is 1.69 bits per heavy atom. The summed E-state index contributed by atoms with van der Waals surface area (Å²) >= 11 is -0.226. The Morgan fingerprint density at radius 1 is 1.19 bits per heavy atom. The SMILES string of the molecule is CC1=C(C)C(C)C(CCCN)=C1C.[Cl][Rh+][Cl]. The van der Waals surface area contributed by atoms with Gasteiger partial charge in [0.2, 0.25) is 0 Å². The summed E-state index contributed by atoms with van der Waals surface area (Å²) in [4.78, 5) is 0. The Balaban J connectivity index is 0.000000673. The van der Waals surface area contributed by atoms with E-state index in [2.05, 4.69) is 27.7 Å². The average Bonchev–Trinajstić information content (AvgIpc) is 2.43. The number of nitrogens with two attached hydrogens (primary N) is 1. The monoisotopic (exact) mass is 352 g/mol. The molecule has 0 amide bonds. The van der Waals surface area contributed by atoms with Gasteiger partial charge in [0.25, 0.3) is 0 Å². The number of allylic oxidation sites excluding steroid dienone is 4. The van der Waals surface area contributed by atoms with E-state index in [0.717, 1.165) is 13.0 Å². The quantitative estimate of drug-likeness (QED) is 0.748. The summed E-state index contributed by atoms with van der Waals surface area (Å²) in [7, 11) is 9.67. The topological polar surface area (TPSA) is 26.0 Å². The molecule has 0 radical (unpaired) electrons. The summed E-state index contributed by atoms with van der Waals surface area (Å²) in [5, 5.41) is 0. The van der Waals surface area contributed by atoms with E-state index in [1.54, 1.807) is 11.1 Å². The van der Waals surface area contributed by atoms with Gasteiger partial charge in [0.05, 0.1) is 0 Å². The van der Waals surface area contributed by atoms with Crippen molar-refractivity contribution >= 4 is 19.4 Å². The van der Waals surface area contributed by atoms with Crippen LogP contribution < -0.4 is 5.73 Å². The van der Waals surface area contributed by atoms with Gasteiger partial charge in [-0.25, -0.2) is 0 Å². The molecule has 0 aliphatic heterocycles. The summed E-state index contributed by atoms with van der Waals surface area (Å²) in [6.07, 6.45) is 2.30. The summed E-state index contributed by atoms with van der Waals surface area (Å²) in [6.45, 7) is 9.84. The molecule has 1 unspecified atom stereocenters. The molecule has 1 aliphatic carbocycles. The molecule has 1 atom stereocenters. The second-order valence-corrected chi connectivity index (χ2v) is 6.61. The van der Waals surface area contributed by atoms with E-state index in [0.29, 0.717) is 5.92 Å². The number of hydrogen-bond donors (Lipinski definition) is 1. The van der Waals surface area contributed by atoms with E-state index in [9.17, 15) is 0 Å². The van der Waals surface area contributed by atoms with Gasteiger partial charge >= 0.3 is 34.5 Å². The molecule has 0 bridgehead atoms. The molecule has 0 heterocycles. The Morgan fingerprint density at radius 3 is 2.00 bits per heavy atom. The Labute approximate surface area is 115 Å². The third-order valence-electron chi connectivity index (χ3n) is 3.46. The van der Waals surface area contributed by atoms with Crippen LogP contribution in [0.5, 0.6) is 0 Å². The number of halogens is 2. The summed E-state index contributed by atoms with van der Waals surface area (Å²) < 4.78 is 0. The van der Waals surface area contributed by atoms with Crippen molar-refractivity contribution in [2.75, 3.05) is 6.54 Å². The second kappa shape index (κ2) is 8.69. The molecule has 0 saturated carbocycles. The predicted molar refractivity (Wildman–Crippen MR) is 70.2 cm³/mol. The fourth-order valence-electron chi connectivity index (χ4n) is 2.14. The van der Waals surface area contributed by atoms with Crippen LogP contribution in [0.15, 0.2) is 22.3 Å². The Hall–Kier alpha value is 0.643. The van der Waals surface area contributed by atoms with Crippen LogP contribution in [0, 0.1) is 5.92 Å². The van der Waals surface area contributed by atoms with Crippen molar-refractivity contribution in [1.29, 1.82) is 0 Å². The zero-order valence-corrected chi connectivity index (χ0v) is 13.5. The van der Waals surface area contributed by atoms with Gasteiger partial charge in [-0.2, -0.15) is 0 Å². The zero-order valence-electron chi connectivity index (χ0n) is 10.4. The van der Waals surface area contributed by atoms with Gasteiger partial charge in [0.15, 0.2) is 0 Å². The zero-order chi connectivity index (χ0) is 12.7. The van der Waals surface area contributed by atoms with Crippen molar-refractivity contribution in [2.45, 2.75) is 40.5 Å². The van der Waals surface area contributed by atoms with E-state index in [4.69, 9.17) is 25.1 Å². The molecule has 1 rings (SSSR count). The molecular formula is C12H21Cl2NRh+. The van der Waals surface area contributed by atoms with Crippen LogP contribution >= 0.6 is 19.4 Å². The standard InChI is InChI=1S/C12H21N.2ClH.Rh/c1-8-9(2)11(4)12(10(8)3)6-5-7-13;;;/h10H,5-7,13H2,1-4H3;2*1H;/q;;;+3/p-2. The Kier molecular flexibility index (Phi) is 9.04. The van der Waals surface area contributed by atoms with Crippen LogP contribution in [0.25, 0.3) is 0 Å². The maximum atomic E-state index is 5.53. The third-order valence-corrected chi connectivity index (χ3v) is 3.46. The fourth-order valence-corrected chi connectivity index (χ4v) is 2.14. The molecule has 16 heavy (non-hydrogen) atoms. The molecule has 4 heteroatoms. The molecule has 0 aromatic rings. The van der Waals surface area contributed by atoms with Gasteiger partial charge in [0, 0.05) is 0 Å². The van der Waals surface area contributed by atoms with Crippen LogP contribution in [0.3, 0.4) is 0 Å². The van der Waals surface area contributed by atoms with E-state index in [1.165, 1.54) is 17.6 Å². The molecule has 0 spiro atoms. The first kappa shape index (κ1) is 16.6. The molecular weight excluding hydrogens is 332 g/mol. The molecule has 0 fully saturated rings. The van der Waals surface area contributed by atoms with Gasteiger partial charge in [-0.3, -0.25) is 0 Å². The van der Waals surface area contributed by atoms with Gasteiger partial charge in [0.1, 0.15) is 0 Å². The van der Waals surface area contributed by atoms with Gasteiger partial charge in [-0.05, 0) is 57.2 Å².